The number of benzene rings is 1. The minimum absolute atomic E-state index is 0.163. The highest BCUT2D eigenvalue weighted by Gasteiger charge is 2.32. The third-order valence-electron chi connectivity index (χ3n) is 4.88. The van der Waals surface area contributed by atoms with Crippen molar-refractivity contribution in [3.8, 4) is 5.75 Å². The topological polar surface area (TPSA) is 91.4 Å². The molecule has 1 aliphatic rings. The van der Waals surface area contributed by atoms with Gasteiger partial charge in [-0.05, 0) is 42.5 Å². The van der Waals surface area contributed by atoms with Gasteiger partial charge in [0.1, 0.15) is 5.75 Å². The van der Waals surface area contributed by atoms with Crippen LogP contribution in [0, 0.1) is 11.8 Å². The molecule has 1 aromatic heterocycles. The Labute approximate surface area is 140 Å². The molecule has 24 heavy (non-hydrogen) atoms. The summed E-state index contributed by atoms with van der Waals surface area (Å²) >= 11 is 0. The molecule has 6 heteroatoms. The molecule has 1 aliphatic carbocycles. The lowest BCUT2D eigenvalue weighted by molar-refractivity contribution is -0.144. The third kappa shape index (κ3) is 3.37. The highest BCUT2D eigenvalue weighted by atomic mass is 16.5. The number of carbonyl (C=O) groups excluding carboxylic acids is 1. The van der Waals surface area contributed by atoms with E-state index in [4.69, 9.17) is 4.74 Å². The number of carboxylic acids is 1. The van der Waals surface area contributed by atoms with E-state index in [1.165, 1.54) is 0 Å². The van der Waals surface area contributed by atoms with Gasteiger partial charge in [-0.15, -0.1) is 0 Å². The van der Waals surface area contributed by atoms with Crippen molar-refractivity contribution in [2.75, 3.05) is 13.7 Å². The first-order valence-corrected chi connectivity index (χ1v) is 8.22. The van der Waals surface area contributed by atoms with E-state index in [1.54, 1.807) is 7.11 Å². The molecule has 0 bridgehead atoms. The fraction of sp³-hybridized carbons (Fsp3) is 0.444. The van der Waals surface area contributed by atoms with E-state index in [-0.39, 0.29) is 24.8 Å². The zero-order valence-corrected chi connectivity index (χ0v) is 13.7. The molecule has 2 aromatic rings. The van der Waals surface area contributed by atoms with Crippen LogP contribution in [0.3, 0.4) is 0 Å². The van der Waals surface area contributed by atoms with Crippen LogP contribution in [-0.4, -0.2) is 35.6 Å². The largest absolute Gasteiger partial charge is 0.497 e. The molecule has 6 nitrogen and oxygen atoms in total. The molecule has 1 aromatic carbocycles. The molecule has 0 aliphatic heterocycles. The number of methoxy groups -OCH3 is 1. The van der Waals surface area contributed by atoms with Gasteiger partial charge in [0, 0.05) is 23.6 Å². The first kappa shape index (κ1) is 16.4. The zero-order valence-electron chi connectivity index (χ0n) is 13.7. The number of aromatic nitrogens is 1. The molecule has 1 saturated carbocycles. The van der Waals surface area contributed by atoms with E-state index in [1.807, 2.05) is 24.4 Å². The second-order valence-electron chi connectivity index (χ2n) is 6.34. The number of hydrogen-bond acceptors (Lipinski definition) is 3. The van der Waals surface area contributed by atoms with Crippen LogP contribution in [0.1, 0.15) is 24.8 Å². The number of H-pyrrole nitrogens is 1. The smallest absolute Gasteiger partial charge is 0.308 e. The number of ether oxygens (including phenoxy) is 1. The summed E-state index contributed by atoms with van der Waals surface area (Å²) < 4.78 is 5.22. The Bertz CT molecular complexity index is 749. The van der Waals surface area contributed by atoms with Crippen LogP contribution >= 0.6 is 0 Å². The third-order valence-corrected chi connectivity index (χ3v) is 4.88. The average Bonchev–Trinajstić information content (AvgIpc) is 2.91. The average molecular weight is 330 g/mol. The van der Waals surface area contributed by atoms with Crippen molar-refractivity contribution in [1.82, 2.24) is 10.3 Å². The van der Waals surface area contributed by atoms with E-state index in [0.29, 0.717) is 0 Å². The maximum absolute atomic E-state index is 12.2. The Hall–Kier alpha value is -2.50. The quantitative estimate of drug-likeness (QED) is 0.726. The normalized spacial score (nSPS) is 15.7. The molecular weight excluding hydrogens is 308 g/mol. The van der Waals surface area contributed by atoms with E-state index in [9.17, 15) is 14.7 Å². The molecule has 1 amide bonds. The Morgan fingerprint density at radius 1 is 1.42 bits per heavy atom. The fourth-order valence-corrected chi connectivity index (χ4v) is 3.19. The molecule has 1 atom stereocenters. The van der Waals surface area contributed by atoms with Crippen LogP contribution in [-0.2, 0) is 16.0 Å². The van der Waals surface area contributed by atoms with E-state index in [0.717, 1.165) is 41.5 Å². The number of aliphatic carboxylic acids is 1. The lowest BCUT2D eigenvalue weighted by Crippen LogP contribution is -2.39. The number of nitrogens with one attached hydrogen (secondary N) is 2. The first-order chi connectivity index (χ1) is 11.6. The van der Waals surface area contributed by atoms with Crippen LogP contribution in [0.5, 0.6) is 5.75 Å². The Kier molecular flexibility index (Phi) is 4.74. The van der Waals surface area contributed by atoms with Crippen molar-refractivity contribution in [2.24, 2.45) is 11.8 Å². The van der Waals surface area contributed by atoms with Crippen LogP contribution in [0.15, 0.2) is 24.4 Å². The molecule has 0 spiro atoms. The summed E-state index contributed by atoms with van der Waals surface area (Å²) in [5.41, 5.74) is 1.81. The van der Waals surface area contributed by atoms with Gasteiger partial charge in [-0.2, -0.15) is 0 Å². The van der Waals surface area contributed by atoms with Crippen molar-refractivity contribution in [3.63, 3.8) is 0 Å². The van der Waals surface area contributed by atoms with E-state index in [2.05, 4.69) is 10.3 Å². The number of carboxylic acid groups (broad SMARTS) is 1. The van der Waals surface area contributed by atoms with Gasteiger partial charge in [0.15, 0.2) is 0 Å². The van der Waals surface area contributed by atoms with Gasteiger partial charge in [-0.25, -0.2) is 0 Å². The molecule has 128 valence electrons. The summed E-state index contributed by atoms with van der Waals surface area (Å²) in [4.78, 5) is 26.7. The van der Waals surface area contributed by atoms with Crippen molar-refractivity contribution in [3.05, 3.63) is 30.0 Å². The standard InChI is InChI=1S/C18H22N2O4/c1-24-13-5-6-16-14(8-13)12(9-19-16)7-17(21)20-10-15(18(22)23)11-3-2-4-11/h5-6,8-9,11,15,19H,2-4,7,10H2,1H3,(H,20,21)(H,22,23). The number of fused-ring (bicyclic) bond motifs is 1. The second-order valence-corrected chi connectivity index (χ2v) is 6.34. The fourth-order valence-electron chi connectivity index (χ4n) is 3.19. The number of amides is 1. The number of aromatic amines is 1. The summed E-state index contributed by atoms with van der Waals surface area (Å²) in [6.45, 7) is 0.199. The molecular formula is C18H22N2O4. The van der Waals surface area contributed by atoms with Gasteiger partial charge in [-0.3, -0.25) is 9.59 Å². The molecule has 1 fully saturated rings. The monoisotopic (exact) mass is 330 g/mol. The first-order valence-electron chi connectivity index (χ1n) is 8.22. The molecule has 1 heterocycles. The van der Waals surface area contributed by atoms with Crippen molar-refractivity contribution in [2.45, 2.75) is 25.7 Å². The molecule has 0 radical (unpaired) electrons. The van der Waals surface area contributed by atoms with Gasteiger partial charge in [-0.1, -0.05) is 6.42 Å². The summed E-state index contributed by atoms with van der Waals surface area (Å²) in [5.74, 6) is -0.535. The van der Waals surface area contributed by atoms with E-state index < -0.39 is 11.9 Å². The molecule has 1 unspecified atom stereocenters. The van der Waals surface area contributed by atoms with Gasteiger partial charge in [0.05, 0.1) is 19.4 Å². The van der Waals surface area contributed by atoms with Crippen molar-refractivity contribution >= 4 is 22.8 Å². The predicted molar refractivity (Wildman–Crippen MR) is 90.0 cm³/mol. The highest BCUT2D eigenvalue weighted by Crippen LogP contribution is 2.33. The Balaban J connectivity index is 1.63. The maximum atomic E-state index is 12.2. The summed E-state index contributed by atoms with van der Waals surface area (Å²) in [5, 5.41) is 13.0. The van der Waals surface area contributed by atoms with Gasteiger partial charge in [0.2, 0.25) is 5.91 Å². The lowest BCUT2D eigenvalue weighted by atomic mass is 9.76. The maximum Gasteiger partial charge on any atom is 0.308 e. The van der Waals surface area contributed by atoms with Crippen molar-refractivity contribution in [1.29, 1.82) is 0 Å². The molecule has 0 saturated heterocycles. The van der Waals surface area contributed by atoms with Crippen LogP contribution in [0.4, 0.5) is 0 Å². The molecule has 3 N–H and O–H groups in total. The second kappa shape index (κ2) is 6.95. The van der Waals surface area contributed by atoms with Gasteiger partial charge in [0.25, 0.3) is 0 Å². The number of rotatable bonds is 7. The van der Waals surface area contributed by atoms with Crippen LogP contribution in [0.2, 0.25) is 0 Å². The predicted octanol–water partition coefficient (Wildman–Crippen LogP) is 2.34. The summed E-state index contributed by atoms with van der Waals surface area (Å²) in [6, 6.07) is 5.66. The minimum Gasteiger partial charge on any atom is -0.497 e. The summed E-state index contributed by atoms with van der Waals surface area (Å²) in [6.07, 6.45) is 4.98. The van der Waals surface area contributed by atoms with Gasteiger partial charge < -0.3 is 20.1 Å². The lowest BCUT2D eigenvalue weighted by Gasteiger charge is -2.31. The summed E-state index contributed by atoms with van der Waals surface area (Å²) in [7, 11) is 1.60. The van der Waals surface area contributed by atoms with Crippen molar-refractivity contribution < 1.29 is 19.4 Å². The SMILES string of the molecule is COc1ccc2[nH]cc(CC(=O)NCC(C(=O)O)C3CCC3)c2c1. The van der Waals surface area contributed by atoms with Crippen LogP contribution in [0.25, 0.3) is 10.9 Å². The number of carbonyl (C=O) groups is 2. The highest BCUT2D eigenvalue weighted by molar-refractivity contribution is 5.89. The molecule has 3 rings (SSSR count). The number of hydrogen-bond donors (Lipinski definition) is 3. The van der Waals surface area contributed by atoms with Crippen LogP contribution < -0.4 is 10.1 Å². The minimum atomic E-state index is -0.822. The van der Waals surface area contributed by atoms with E-state index >= 15 is 0 Å². The Morgan fingerprint density at radius 2 is 2.21 bits per heavy atom. The zero-order chi connectivity index (χ0) is 17.1. The Morgan fingerprint density at radius 3 is 2.83 bits per heavy atom. The van der Waals surface area contributed by atoms with Gasteiger partial charge >= 0.3 is 5.97 Å².